The summed E-state index contributed by atoms with van der Waals surface area (Å²) in [5.74, 6) is 1.01. The van der Waals surface area contributed by atoms with Crippen LogP contribution in [0.4, 0.5) is 5.69 Å². The van der Waals surface area contributed by atoms with Gasteiger partial charge in [-0.2, -0.15) is 0 Å². The van der Waals surface area contributed by atoms with Gasteiger partial charge < -0.3 is 25.2 Å². The summed E-state index contributed by atoms with van der Waals surface area (Å²) in [5, 5.41) is 6.67. The van der Waals surface area contributed by atoms with Crippen molar-refractivity contribution in [1.29, 1.82) is 0 Å². The van der Waals surface area contributed by atoms with Gasteiger partial charge in [-0.15, -0.1) is 0 Å². The molecule has 27 heavy (non-hydrogen) atoms. The van der Waals surface area contributed by atoms with Crippen molar-refractivity contribution in [2.45, 2.75) is 25.8 Å². The Morgan fingerprint density at radius 2 is 2.04 bits per heavy atom. The SMILES string of the molecule is CN=C(NCCN(C)CCCOC)NCc1ccc(N2CCCC2=O)cc1. The molecular weight excluding hydrogens is 342 g/mol. The molecule has 1 saturated heterocycles. The van der Waals surface area contributed by atoms with Crippen LogP contribution in [0, 0.1) is 0 Å². The lowest BCUT2D eigenvalue weighted by atomic mass is 10.2. The molecule has 1 amide bonds. The number of likely N-dealkylation sites (N-methyl/N-ethyl adjacent to an activating group) is 1. The van der Waals surface area contributed by atoms with E-state index in [-0.39, 0.29) is 5.91 Å². The summed E-state index contributed by atoms with van der Waals surface area (Å²) < 4.78 is 5.08. The average molecular weight is 376 g/mol. The number of benzene rings is 1. The highest BCUT2D eigenvalue weighted by Crippen LogP contribution is 2.21. The van der Waals surface area contributed by atoms with Crippen LogP contribution in [0.5, 0.6) is 0 Å². The van der Waals surface area contributed by atoms with Gasteiger partial charge in [0.25, 0.3) is 0 Å². The number of carbonyl (C=O) groups is 1. The number of aliphatic imine (C=N–C) groups is 1. The van der Waals surface area contributed by atoms with Crippen LogP contribution in [-0.2, 0) is 16.1 Å². The highest BCUT2D eigenvalue weighted by Gasteiger charge is 2.21. The number of nitrogens with zero attached hydrogens (tertiary/aromatic N) is 3. The van der Waals surface area contributed by atoms with Crippen LogP contribution in [0.25, 0.3) is 0 Å². The molecule has 1 aliphatic rings. The van der Waals surface area contributed by atoms with Gasteiger partial charge in [-0.3, -0.25) is 9.79 Å². The molecule has 0 aromatic heterocycles. The van der Waals surface area contributed by atoms with Crippen molar-refractivity contribution in [3.05, 3.63) is 29.8 Å². The molecule has 0 unspecified atom stereocenters. The minimum absolute atomic E-state index is 0.220. The number of amides is 1. The zero-order valence-electron chi connectivity index (χ0n) is 16.8. The zero-order valence-corrected chi connectivity index (χ0v) is 16.8. The quantitative estimate of drug-likeness (QED) is 0.368. The molecule has 1 fully saturated rings. The van der Waals surface area contributed by atoms with Crippen molar-refractivity contribution in [2.75, 3.05) is 58.9 Å². The highest BCUT2D eigenvalue weighted by molar-refractivity contribution is 5.95. The molecule has 0 atom stereocenters. The lowest BCUT2D eigenvalue weighted by Gasteiger charge is -2.18. The predicted molar refractivity (Wildman–Crippen MR) is 110 cm³/mol. The molecular formula is C20H33N5O2. The maximum atomic E-state index is 11.8. The zero-order chi connectivity index (χ0) is 19.5. The van der Waals surface area contributed by atoms with Gasteiger partial charge in [0.15, 0.2) is 5.96 Å². The summed E-state index contributed by atoms with van der Waals surface area (Å²) in [4.78, 5) is 20.2. The molecule has 150 valence electrons. The summed E-state index contributed by atoms with van der Waals surface area (Å²) in [5.41, 5.74) is 2.14. The maximum absolute atomic E-state index is 11.8. The summed E-state index contributed by atoms with van der Waals surface area (Å²) >= 11 is 0. The fourth-order valence-corrected chi connectivity index (χ4v) is 3.08. The van der Waals surface area contributed by atoms with Crippen LogP contribution in [0.1, 0.15) is 24.8 Å². The van der Waals surface area contributed by atoms with Crippen molar-refractivity contribution < 1.29 is 9.53 Å². The highest BCUT2D eigenvalue weighted by atomic mass is 16.5. The second-order valence-corrected chi connectivity index (χ2v) is 6.82. The van der Waals surface area contributed by atoms with Crippen LogP contribution in [-0.4, -0.2) is 70.8 Å². The van der Waals surface area contributed by atoms with Crippen LogP contribution >= 0.6 is 0 Å². The molecule has 2 N–H and O–H groups in total. The molecule has 7 heteroatoms. The third kappa shape index (κ3) is 7.19. The maximum Gasteiger partial charge on any atom is 0.227 e. The van der Waals surface area contributed by atoms with Crippen LogP contribution in [0.2, 0.25) is 0 Å². The normalized spacial score (nSPS) is 14.9. The number of nitrogens with one attached hydrogen (secondary N) is 2. The van der Waals surface area contributed by atoms with E-state index in [1.807, 2.05) is 17.0 Å². The average Bonchev–Trinajstić information content (AvgIpc) is 3.11. The lowest BCUT2D eigenvalue weighted by molar-refractivity contribution is -0.117. The third-order valence-corrected chi connectivity index (χ3v) is 4.68. The molecule has 0 aliphatic carbocycles. The third-order valence-electron chi connectivity index (χ3n) is 4.68. The predicted octanol–water partition coefficient (Wildman–Crippen LogP) is 1.45. The van der Waals surface area contributed by atoms with E-state index >= 15 is 0 Å². The Morgan fingerprint density at radius 1 is 1.26 bits per heavy atom. The van der Waals surface area contributed by atoms with Gasteiger partial charge >= 0.3 is 0 Å². The van der Waals surface area contributed by atoms with E-state index in [9.17, 15) is 4.79 Å². The number of anilines is 1. The number of guanidine groups is 1. The van der Waals surface area contributed by atoms with E-state index in [1.54, 1.807) is 14.2 Å². The smallest absolute Gasteiger partial charge is 0.227 e. The summed E-state index contributed by atoms with van der Waals surface area (Å²) in [6, 6.07) is 8.16. The first-order valence-electron chi connectivity index (χ1n) is 9.65. The Labute approximate surface area is 162 Å². The van der Waals surface area contributed by atoms with Crippen LogP contribution < -0.4 is 15.5 Å². The van der Waals surface area contributed by atoms with Gasteiger partial charge in [0.1, 0.15) is 0 Å². The minimum Gasteiger partial charge on any atom is -0.385 e. The fraction of sp³-hybridized carbons (Fsp3) is 0.600. The molecule has 0 bridgehead atoms. The molecule has 0 spiro atoms. The minimum atomic E-state index is 0.220. The van der Waals surface area contributed by atoms with E-state index in [0.29, 0.717) is 13.0 Å². The Morgan fingerprint density at radius 3 is 2.67 bits per heavy atom. The summed E-state index contributed by atoms with van der Waals surface area (Å²) in [7, 11) is 5.62. The fourth-order valence-electron chi connectivity index (χ4n) is 3.08. The molecule has 7 nitrogen and oxygen atoms in total. The van der Waals surface area contributed by atoms with E-state index in [4.69, 9.17) is 4.74 Å². The van der Waals surface area contributed by atoms with Crippen LogP contribution in [0.15, 0.2) is 29.3 Å². The van der Waals surface area contributed by atoms with Crippen LogP contribution in [0.3, 0.4) is 0 Å². The van der Waals surface area contributed by atoms with Gasteiger partial charge in [0.05, 0.1) is 0 Å². The van der Waals surface area contributed by atoms with Crippen molar-refractivity contribution in [3.63, 3.8) is 0 Å². The molecule has 0 saturated carbocycles. The Bertz CT molecular complexity index is 603. The van der Waals surface area contributed by atoms with Crippen molar-refractivity contribution in [1.82, 2.24) is 15.5 Å². The van der Waals surface area contributed by atoms with Gasteiger partial charge in [0.2, 0.25) is 5.91 Å². The number of hydrogen-bond donors (Lipinski definition) is 2. The molecule has 1 aromatic rings. The van der Waals surface area contributed by atoms with E-state index in [1.165, 1.54) is 0 Å². The Kier molecular flexibility index (Phi) is 9.07. The summed E-state index contributed by atoms with van der Waals surface area (Å²) in [6.07, 6.45) is 2.65. The second kappa shape index (κ2) is 11.6. The van der Waals surface area contributed by atoms with Gasteiger partial charge in [-0.25, -0.2) is 0 Å². The molecule has 1 aromatic carbocycles. The first kappa shape index (κ1) is 21.2. The number of rotatable bonds is 10. The number of ether oxygens (including phenoxy) is 1. The molecule has 0 radical (unpaired) electrons. The van der Waals surface area contributed by atoms with Gasteiger partial charge in [-0.05, 0) is 37.6 Å². The Hall–Kier alpha value is -2.12. The largest absolute Gasteiger partial charge is 0.385 e. The Balaban J connectivity index is 1.70. The van der Waals surface area contributed by atoms with E-state index in [0.717, 1.165) is 62.8 Å². The van der Waals surface area contributed by atoms with E-state index in [2.05, 4.69) is 39.7 Å². The van der Waals surface area contributed by atoms with Crippen molar-refractivity contribution >= 4 is 17.6 Å². The number of carbonyl (C=O) groups excluding carboxylic acids is 1. The van der Waals surface area contributed by atoms with Gasteiger partial charge in [-0.1, -0.05) is 12.1 Å². The summed E-state index contributed by atoms with van der Waals surface area (Å²) in [6.45, 7) is 5.12. The monoisotopic (exact) mass is 375 g/mol. The standard InChI is InChI=1S/C20H33N5O2/c1-21-20(22-11-14-24(2)12-5-15-27-3)23-16-17-7-9-18(10-8-17)25-13-4-6-19(25)26/h7-10H,4-6,11-16H2,1-3H3,(H2,21,22,23). The van der Waals surface area contributed by atoms with Gasteiger partial charge in [0, 0.05) is 65.6 Å². The number of hydrogen-bond acceptors (Lipinski definition) is 4. The molecule has 2 rings (SSSR count). The second-order valence-electron chi connectivity index (χ2n) is 6.82. The first-order chi connectivity index (χ1) is 13.1. The van der Waals surface area contributed by atoms with Crippen molar-refractivity contribution in [3.8, 4) is 0 Å². The van der Waals surface area contributed by atoms with E-state index < -0.39 is 0 Å². The molecule has 1 aliphatic heterocycles. The van der Waals surface area contributed by atoms with Crippen molar-refractivity contribution in [2.24, 2.45) is 4.99 Å². The molecule has 1 heterocycles. The lowest BCUT2D eigenvalue weighted by Crippen LogP contribution is -2.40. The first-order valence-corrected chi connectivity index (χ1v) is 9.65. The topological polar surface area (TPSA) is 69.2 Å². The number of methoxy groups -OCH3 is 1.